The van der Waals surface area contributed by atoms with Crippen molar-refractivity contribution in [2.45, 2.75) is 33.6 Å². The molecule has 0 saturated heterocycles. The van der Waals surface area contributed by atoms with E-state index in [1.807, 2.05) is 7.05 Å². The van der Waals surface area contributed by atoms with Crippen LogP contribution in [0, 0.1) is 19.8 Å². The summed E-state index contributed by atoms with van der Waals surface area (Å²) in [6.07, 6.45) is 2.46. The molecule has 0 amide bonds. The summed E-state index contributed by atoms with van der Waals surface area (Å²) in [4.78, 5) is 0. The zero-order chi connectivity index (χ0) is 11.3. The SMILES string of the molecule is CNCCC(C)Cc1c(C)cccc1C. The molecule has 1 N–H and O–H groups in total. The van der Waals surface area contributed by atoms with E-state index >= 15 is 0 Å². The maximum absolute atomic E-state index is 3.21. The Morgan fingerprint density at radius 1 is 1.20 bits per heavy atom. The van der Waals surface area contributed by atoms with E-state index in [2.05, 4.69) is 44.3 Å². The van der Waals surface area contributed by atoms with Crippen molar-refractivity contribution in [1.82, 2.24) is 5.32 Å². The van der Waals surface area contributed by atoms with Gasteiger partial charge >= 0.3 is 0 Å². The average molecular weight is 205 g/mol. The van der Waals surface area contributed by atoms with Crippen molar-refractivity contribution in [3.05, 3.63) is 34.9 Å². The summed E-state index contributed by atoms with van der Waals surface area (Å²) in [5.74, 6) is 0.761. The molecule has 0 aliphatic carbocycles. The first kappa shape index (κ1) is 12.3. The first-order valence-corrected chi connectivity index (χ1v) is 5.84. The van der Waals surface area contributed by atoms with Crippen molar-refractivity contribution in [3.8, 4) is 0 Å². The molecule has 84 valence electrons. The van der Waals surface area contributed by atoms with Crippen molar-refractivity contribution < 1.29 is 0 Å². The molecule has 1 rings (SSSR count). The van der Waals surface area contributed by atoms with E-state index in [1.165, 1.54) is 24.0 Å². The summed E-state index contributed by atoms with van der Waals surface area (Å²) >= 11 is 0. The highest BCUT2D eigenvalue weighted by Gasteiger charge is 2.07. The molecule has 1 unspecified atom stereocenters. The van der Waals surface area contributed by atoms with Gasteiger partial charge in [0.15, 0.2) is 0 Å². The van der Waals surface area contributed by atoms with Gasteiger partial charge in [0.1, 0.15) is 0 Å². The molecule has 0 aromatic heterocycles. The maximum atomic E-state index is 3.21. The number of benzene rings is 1. The van der Waals surface area contributed by atoms with Crippen LogP contribution in [0.2, 0.25) is 0 Å². The van der Waals surface area contributed by atoms with Crippen LogP contribution in [0.5, 0.6) is 0 Å². The van der Waals surface area contributed by atoms with Crippen molar-refractivity contribution in [1.29, 1.82) is 0 Å². The monoisotopic (exact) mass is 205 g/mol. The van der Waals surface area contributed by atoms with Crippen LogP contribution in [-0.4, -0.2) is 13.6 Å². The van der Waals surface area contributed by atoms with E-state index in [-0.39, 0.29) is 0 Å². The van der Waals surface area contributed by atoms with Crippen LogP contribution in [0.4, 0.5) is 0 Å². The van der Waals surface area contributed by atoms with Crippen molar-refractivity contribution in [3.63, 3.8) is 0 Å². The van der Waals surface area contributed by atoms with Crippen molar-refractivity contribution in [2.24, 2.45) is 5.92 Å². The first-order chi connectivity index (χ1) is 7.15. The predicted molar refractivity (Wildman–Crippen MR) is 67.3 cm³/mol. The summed E-state index contributed by atoms with van der Waals surface area (Å²) in [5.41, 5.74) is 4.42. The molecular formula is C14H23N. The number of hydrogen-bond acceptors (Lipinski definition) is 1. The Morgan fingerprint density at radius 3 is 2.33 bits per heavy atom. The Hall–Kier alpha value is -0.820. The number of rotatable bonds is 5. The van der Waals surface area contributed by atoms with E-state index in [4.69, 9.17) is 0 Å². The maximum Gasteiger partial charge on any atom is -0.00493 e. The van der Waals surface area contributed by atoms with Gasteiger partial charge in [-0.1, -0.05) is 25.1 Å². The molecule has 0 heterocycles. The van der Waals surface area contributed by atoms with Gasteiger partial charge in [0.05, 0.1) is 0 Å². The van der Waals surface area contributed by atoms with Gasteiger partial charge in [-0.2, -0.15) is 0 Å². The van der Waals surface area contributed by atoms with Crippen LogP contribution < -0.4 is 5.32 Å². The van der Waals surface area contributed by atoms with Gasteiger partial charge in [-0.25, -0.2) is 0 Å². The Bertz CT molecular complexity index is 284. The quantitative estimate of drug-likeness (QED) is 0.779. The summed E-state index contributed by atoms with van der Waals surface area (Å²) in [7, 11) is 2.02. The fourth-order valence-corrected chi connectivity index (χ4v) is 2.01. The largest absolute Gasteiger partial charge is 0.320 e. The van der Waals surface area contributed by atoms with Crippen LogP contribution in [0.25, 0.3) is 0 Å². The van der Waals surface area contributed by atoms with E-state index in [0.717, 1.165) is 12.5 Å². The minimum Gasteiger partial charge on any atom is -0.320 e. The summed E-state index contributed by atoms with van der Waals surface area (Å²) in [6, 6.07) is 6.58. The van der Waals surface area contributed by atoms with Gasteiger partial charge in [0.25, 0.3) is 0 Å². The predicted octanol–water partition coefficient (Wildman–Crippen LogP) is 3.09. The van der Waals surface area contributed by atoms with Crippen LogP contribution >= 0.6 is 0 Å². The van der Waals surface area contributed by atoms with Crippen LogP contribution in [-0.2, 0) is 6.42 Å². The highest BCUT2D eigenvalue weighted by molar-refractivity contribution is 5.33. The normalized spacial score (nSPS) is 12.8. The number of hydrogen-bond donors (Lipinski definition) is 1. The Kier molecular flexibility index (Phi) is 4.83. The zero-order valence-electron chi connectivity index (χ0n) is 10.4. The minimum atomic E-state index is 0.761. The summed E-state index contributed by atoms with van der Waals surface area (Å²) in [5, 5.41) is 3.21. The van der Waals surface area contributed by atoms with Crippen molar-refractivity contribution >= 4 is 0 Å². The van der Waals surface area contributed by atoms with E-state index < -0.39 is 0 Å². The molecule has 0 radical (unpaired) electrons. The Labute approximate surface area is 93.9 Å². The molecule has 0 bridgehead atoms. The van der Waals surface area contributed by atoms with E-state index in [0.29, 0.717) is 0 Å². The first-order valence-electron chi connectivity index (χ1n) is 5.84. The lowest BCUT2D eigenvalue weighted by molar-refractivity contribution is 0.513. The summed E-state index contributed by atoms with van der Waals surface area (Å²) in [6.45, 7) is 7.88. The van der Waals surface area contributed by atoms with Gasteiger partial charge in [-0.15, -0.1) is 0 Å². The molecule has 1 aromatic rings. The Balaban J connectivity index is 2.63. The lowest BCUT2D eigenvalue weighted by Gasteiger charge is -2.15. The lowest BCUT2D eigenvalue weighted by atomic mass is 9.92. The van der Waals surface area contributed by atoms with Crippen LogP contribution in [0.15, 0.2) is 18.2 Å². The third-order valence-corrected chi connectivity index (χ3v) is 3.08. The molecule has 0 fully saturated rings. The van der Waals surface area contributed by atoms with Gasteiger partial charge in [0, 0.05) is 0 Å². The molecular weight excluding hydrogens is 182 g/mol. The molecule has 1 atom stereocenters. The third-order valence-electron chi connectivity index (χ3n) is 3.08. The molecule has 1 nitrogen and oxygen atoms in total. The Morgan fingerprint density at radius 2 is 1.80 bits per heavy atom. The highest BCUT2D eigenvalue weighted by atomic mass is 14.8. The average Bonchev–Trinajstić information content (AvgIpc) is 2.21. The molecule has 0 saturated carbocycles. The zero-order valence-corrected chi connectivity index (χ0v) is 10.4. The molecule has 15 heavy (non-hydrogen) atoms. The molecule has 0 spiro atoms. The second-order valence-corrected chi connectivity index (χ2v) is 4.57. The lowest BCUT2D eigenvalue weighted by Crippen LogP contribution is -2.13. The fourth-order valence-electron chi connectivity index (χ4n) is 2.01. The van der Waals surface area contributed by atoms with E-state index in [1.54, 1.807) is 5.56 Å². The third kappa shape index (κ3) is 3.67. The fraction of sp³-hybridized carbons (Fsp3) is 0.571. The van der Waals surface area contributed by atoms with Gasteiger partial charge in [-0.05, 0) is 62.9 Å². The second kappa shape index (κ2) is 5.92. The van der Waals surface area contributed by atoms with Gasteiger partial charge < -0.3 is 5.32 Å². The summed E-state index contributed by atoms with van der Waals surface area (Å²) < 4.78 is 0. The van der Waals surface area contributed by atoms with Gasteiger partial charge in [-0.3, -0.25) is 0 Å². The molecule has 0 aliphatic heterocycles. The number of aryl methyl sites for hydroxylation is 2. The number of nitrogens with one attached hydrogen (secondary N) is 1. The highest BCUT2D eigenvalue weighted by Crippen LogP contribution is 2.18. The minimum absolute atomic E-state index is 0.761. The molecule has 1 heteroatoms. The standard InChI is InChI=1S/C14H23N/c1-11(8-9-15-4)10-14-12(2)6-5-7-13(14)3/h5-7,11,15H,8-10H2,1-4H3. The second-order valence-electron chi connectivity index (χ2n) is 4.57. The van der Waals surface area contributed by atoms with Crippen molar-refractivity contribution in [2.75, 3.05) is 13.6 Å². The molecule has 1 aromatic carbocycles. The van der Waals surface area contributed by atoms with E-state index in [9.17, 15) is 0 Å². The van der Waals surface area contributed by atoms with Gasteiger partial charge in [0.2, 0.25) is 0 Å². The van der Waals surface area contributed by atoms with Crippen LogP contribution in [0.1, 0.15) is 30.0 Å². The topological polar surface area (TPSA) is 12.0 Å². The smallest absolute Gasteiger partial charge is 0.00493 e. The van der Waals surface area contributed by atoms with Crippen LogP contribution in [0.3, 0.4) is 0 Å². The molecule has 0 aliphatic rings.